The molecule has 3 rings (SSSR count). The van der Waals surface area contributed by atoms with E-state index in [-0.39, 0.29) is 5.54 Å². The van der Waals surface area contributed by atoms with Crippen molar-refractivity contribution < 1.29 is 9.26 Å². The molecule has 20 heavy (non-hydrogen) atoms. The minimum absolute atomic E-state index is 0.201. The van der Waals surface area contributed by atoms with Gasteiger partial charge in [0, 0.05) is 18.0 Å². The van der Waals surface area contributed by atoms with Crippen LogP contribution < -0.4 is 10.5 Å². The smallest absolute Gasteiger partial charge is 0.228 e. The van der Waals surface area contributed by atoms with Crippen molar-refractivity contribution in [2.24, 2.45) is 5.73 Å². The van der Waals surface area contributed by atoms with Gasteiger partial charge in [-0.15, -0.1) is 0 Å². The summed E-state index contributed by atoms with van der Waals surface area (Å²) in [4.78, 5) is 12.4. The van der Waals surface area contributed by atoms with Gasteiger partial charge in [0.25, 0.3) is 0 Å². The molecule has 0 spiro atoms. The van der Waals surface area contributed by atoms with Gasteiger partial charge in [0.1, 0.15) is 12.0 Å². The van der Waals surface area contributed by atoms with Gasteiger partial charge >= 0.3 is 0 Å². The Morgan fingerprint density at radius 2 is 2.15 bits per heavy atom. The third-order valence-corrected chi connectivity index (χ3v) is 3.65. The average molecular weight is 275 g/mol. The highest BCUT2D eigenvalue weighted by molar-refractivity contribution is 5.49. The van der Waals surface area contributed by atoms with Gasteiger partial charge in [-0.05, 0) is 12.8 Å². The van der Waals surface area contributed by atoms with Crippen LogP contribution in [-0.4, -0.2) is 32.8 Å². The molecule has 2 heterocycles. The molecular weight excluding hydrogens is 258 g/mol. The summed E-state index contributed by atoms with van der Waals surface area (Å²) >= 11 is 0. The molecule has 2 aromatic rings. The number of hydrogen-bond donors (Lipinski definition) is 1. The van der Waals surface area contributed by atoms with Crippen molar-refractivity contribution in [3.63, 3.8) is 0 Å². The van der Waals surface area contributed by atoms with Crippen LogP contribution in [0, 0.1) is 0 Å². The van der Waals surface area contributed by atoms with Crippen molar-refractivity contribution >= 4 is 0 Å². The Morgan fingerprint density at radius 3 is 2.90 bits per heavy atom. The molecule has 106 valence electrons. The van der Waals surface area contributed by atoms with E-state index in [4.69, 9.17) is 15.0 Å². The number of rotatable bonds is 4. The molecule has 0 bridgehead atoms. The monoisotopic (exact) mass is 275 g/mol. The second-order valence-corrected chi connectivity index (χ2v) is 5.20. The number of nitrogens with two attached hydrogens (primary N) is 1. The first-order valence-electron chi connectivity index (χ1n) is 6.66. The number of nitrogens with zero attached hydrogens (tertiary/aromatic N) is 4. The van der Waals surface area contributed by atoms with Gasteiger partial charge in [-0.1, -0.05) is 18.0 Å². The molecular formula is C13H17N5O2. The normalized spacial score (nSPS) is 17.3. The van der Waals surface area contributed by atoms with E-state index in [0.717, 1.165) is 12.8 Å². The highest BCUT2D eigenvalue weighted by Crippen LogP contribution is 2.30. The molecule has 0 aromatic carbocycles. The van der Waals surface area contributed by atoms with Gasteiger partial charge in [0.2, 0.25) is 17.6 Å². The summed E-state index contributed by atoms with van der Waals surface area (Å²) in [7, 11) is 1.55. The molecule has 7 nitrogen and oxygen atoms in total. The molecule has 0 amide bonds. The number of aromatic nitrogens is 4. The zero-order valence-electron chi connectivity index (χ0n) is 11.4. The minimum atomic E-state index is -0.201. The van der Waals surface area contributed by atoms with E-state index in [1.54, 1.807) is 13.2 Å². The predicted octanol–water partition coefficient (Wildman–Crippen LogP) is 1.35. The first-order valence-corrected chi connectivity index (χ1v) is 6.66. The predicted molar refractivity (Wildman–Crippen MR) is 71.0 cm³/mol. The zero-order valence-corrected chi connectivity index (χ0v) is 11.4. The maximum Gasteiger partial charge on any atom is 0.228 e. The topological polar surface area (TPSA) is 100.0 Å². The Hall–Kier alpha value is -2.02. The van der Waals surface area contributed by atoms with Crippen LogP contribution in [0.2, 0.25) is 0 Å². The van der Waals surface area contributed by atoms with Crippen molar-refractivity contribution in [3.05, 3.63) is 18.3 Å². The second kappa shape index (κ2) is 5.16. The first kappa shape index (κ1) is 13.0. The molecule has 1 aliphatic carbocycles. The molecule has 2 N–H and O–H groups in total. The summed E-state index contributed by atoms with van der Waals surface area (Å²) in [5, 5.41) is 3.95. The highest BCUT2D eigenvalue weighted by Gasteiger charge is 2.31. The van der Waals surface area contributed by atoms with Gasteiger partial charge < -0.3 is 15.0 Å². The largest absolute Gasteiger partial charge is 0.481 e. The molecule has 0 unspecified atom stereocenters. The van der Waals surface area contributed by atoms with Gasteiger partial charge in [-0.25, -0.2) is 9.97 Å². The summed E-state index contributed by atoms with van der Waals surface area (Å²) < 4.78 is 10.3. The van der Waals surface area contributed by atoms with E-state index in [2.05, 4.69) is 20.1 Å². The van der Waals surface area contributed by atoms with Crippen LogP contribution in [0.3, 0.4) is 0 Å². The lowest BCUT2D eigenvalue weighted by Gasteiger charge is -2.20. The van der Waals surface area contributed by atoms with Crippen molar-refractivity contribution in [3.8, 4) is 17.4 Å². The van der Waals surface area contributed by atoms with Gasteiger partial charge in [0.05, 0.1) is 7.11 Å². The van der Waals surface area contributed by atoms with Crippen LogP contribution in [0.25, 0.3) is 11.5 Å². The quantitative estimate of drug-likeness (QED) is 0.898. The summed E-state index contributed by atoms with van der Waals surface area (Å²) in [5.41, 5.74) is 6.68. The molecule has 0 atom stereocenters. The van der Waals surface area contributed by atoms with Crippen LogP contribution in [0.4, 0.5) is 0 Å². The van der Waals surface area contributed by atoms with Crippen LogP contribution in [0.15, 0.2) is 16.9 Å². The first-order chi connectivity index (χ1) is 9.68. The molecule has 1 aliphatic rings. The van der Waals surface area contributed by atoms with Crippen molar-refractivity contribution in [2.75, 3.05) is 7.11 Å². The lowest BCUT2D eigenvalue weighted by molar-refractivity contribution is 0.329. The highest BCUT2D eigenvalue weighted by atomic mass is 16.5. The molecule has 7 heteroatoms. The van der Waals surface area contributed by atoms with Crippen LogP contribution in [-0.2, 0) is 6.42 Å². The minimum Gasteiger partial charge on any atom is -0.481 e. The van der Waals surface area contributed by atoms with Gasteiger partial charge in [-0.3, -0.25) is 0 Å². The maximum atomic E-state index is 6.31. The van der Waals surface area contributed by atoms with E-state index in [0.29, 0.717) is 29.7 Å². The summed E-state index contributed by atoms with van der Waals surface area (Å²) in [5.74, 6) is 1.46. The molecule has 1 fully saturated rings. The van der Waals surface area contributed by atoms with E-state index in [9.17, 15) is 0 Å². The van der Waals surface area contributed by atoms with E-state index < -0.39 is 0 Å². The lowest BCUT2D eigenvalue weighted by atomic mass is 9.95. The fraction of sp³-hybridized carbons (Fsp3) is 0.538. The number of methoxy groups -OCH3 is 1. The Labute approximate surface area is 116 Å². The maximum absolute atomic E-state index is 6.31. The van der Waals surface area contributed by atoms with E-state index in [1.165, 1.54) is 19.2 Å². The van der Waals surface area contributed by atoms with Crippen molar-refractivity contribution in [1.82, 2.24) is 20.1 Å². The second-order valence-electron chi connectivity index (χ2n) is 5.20. The van der Waals surface area contributed by atoms with E-state index in [1.807, 2.05) is 0 Å². The third kappa shape index (κ3) is 2.62. The SMILES string of the molecule is COc1cc(-c2noc(CC3(N)CCCC3)n2)ncn1. The summed E-state index contributed by atoms with van der Waals surface area (Å²) in [6.45, 7) is 0. The average Bonchev–Trinajstić information content (AvgIpc) is 3.09. The lowest BCUT2D eigenvalue weighted by Crippen LogP contribution is -2.38. The van der Waals surface area contributed by atoms with Gasteiger partial charge in [0.15, 0.2) is 0 Å². The van der Waals surface area contributed by atoms with Crippen LogP contribution >= 0.6 is 0 Å². The van der Waals surface area contributed by atoms with E-state index >= 15 is 0 Å². The zero-order chi connectivity index (χ0) is 14.0. The molecule has 2 aromatic heterocycles. The molecule has 0 radical (unpaired) electrons. The standard InChI is InChI=1S/C13H17N5O2/c1-19-10-6-9(15-8-16-10)12-17-11(20-18-12)7-13(14)4-2-3-5-13/h6,8H,2-5,7,14H2,1H3. The third-order valence-electron chi connectivity index (χ3n) is 3.65. The fourth-order valence-corrected chi connectivity index (χ4v) is 2.56. The van der Waals surface area contributed by atoms with Crippen molar-refractivity contribution in [1.29, 1.82) is 0 Å². The van der Waals surface area contributed by atoms with Crippen LogP contribution in [0.5, 0.6) is 5.88 Å². The Bertz CT molecular complexity index is 592. The van der Waals surface area contributed by atoms with Crippen LogP contribution in [0.1, 0.15) is 31.6 Å². The number of ether oxygens (including phenoxy) is 1. The summed E-state index contributed by atoms with van der Waals surface area (Å²) in [6, 6.07) is 1.67. The van der Waals surface area contributed by atoms with Crippen molar-refractivity contribution in [2.45, 2.75) is 37.6 Å². The number of hydrogen-bond acceptors (Lipinski definition) is 7. The molecule has 1 saturated carbocycles. The Balaban J connectivity index is 1.79. The Morgan fingerprint density at radius 1 is 1.35 bits per heavy atom. The van der Waals surface area contributed by atoms with Gasteiger partial charge in [-0.2, -0.15) is 4.98 Å². The Kier molecular flexibility index (Phi) is 3.35. The summed E-state index contributed by atoms with van der Waals surface area (Å²) in [6.07, 6.45) is 6.37. The molecule has 0 saturated heterocycles. The fourth-order valence-electron chi connectivity index (χ4n) is 2.56. The molecule has 0 aliphatic heterocycles.